The largest absolute Gasteiger partial charge is 0.369 e. The Morgan fingerprint density at radius 1 is 0.833 bits per heavy atom. The lowest BCUT2D eigenvalue weighted by molar-refractivity contribution is 0.146. The van der Waals surface area contributed by atoms with Crippen molar-refractivity contribution >= 4 is 0 Å². The van der Waals surface area contributed by atoms with Crippen molar-refractivity contribution in [2.24, 2.45) is 0 Å². The van der Waals surface area contributed by atoms with Gasteiger partial charge in [0.05, 0.1) is 0 Å². The third-order valence-electron chi connectivity index (χ3n) is 3.93. The fraction of sp³-hybridized carbons (Fsp3) is 0.0476. The number of hydrogen-bond donors (Lipinski definition) is 1. The summed E-state index contributed by atoms with van der Waals surface area (Å²) >= 11 is 0. The molecular formula is C21H14F2O. The van der Waals surface area contributed by atoms with Crippen molar-refractivity contribution in [3.8, 4) is 23.5 Å². The molecule has 118 valence electrons. The number of rotatable bonds is 3. The van der Waals surface area contributed by atoms with Crippen LogP contribution < -0.4 is 0 Å². The minimum Gasteiger partial charge on any atom is -0.369 e. The molecule has 0 aliphatic heterocycles. The molecule has 3 rings (SSSR count). The van der Waals surface area contributed by atoms with Gasteiger partial charge in [0.2, 0.25) is 0 Å². The van der Waals surface area contributed by atoms with Gasteiger partial charge in [-0.25, -0.2) is 8.78 Å². The Kier molecular flexibility index (Phi) is 4.16. The van der Waals surface area contributed by atoms with E-state index < -0.39 is 17.2 Å². The summed E-state index contributed by atoms with van der Waals surface area (Å²) in [7, 11) is 0. The molecular weight excluding hydrogens is 306 g/mol. The summed E-state index contributed by atoms with van der Waals surface area (Å²) in [6.07, 6.45) is 5.63. The summed E-state index contributed by atoms with van der Waals surface area (Å²) in [5.41, 5.74) is 0.125. The second-order valence-electron chi connectivity index (χ2n) is 5.42. The van der Waals surface area contributed by atoms with E-state index in [0.29, 0.717) is 22.3 Å². The quantitative estimate of drug-likeness (QED) is 0.705. The Morgan fingerprint density at radius 2 is 1.46 bits per heavy atom. The van der Waals surface area contributed by atoms with E-state index in [2.05, 4.69) is 5.92 Å². The highest BCUT2D eigenvalue weighted by Crippen LogP contribution is 2.36. The number of halogens is 2. The molecule has 0 spiro atoms. The lowest BCUT2D eigenvalue weighted by Gasteiger charge is -2.26. The lowest BCUT2D eigenvalue weighted by atomic mass is 9.82. The zero-order chi connectivity index (χ0) is 17.2. The van der Waals surface area contributed by atoms with Crippen molar-refractivity contribution in [3.05, 3.63) is 95.6 Å². The van der Waals surface area contributed by atoms with E-state index in [1.165, 1.54) is 42.5 Å². The number of benzene rings is 3. The van der Waals surface area contributed by atoms with Gasteiger partial charge in [0, 0.05) is 11.1 Å². The molecule has 0 amide bonds. The van der Waals surface area contributed by atoms with Gasteiger partial charge in [0.25, 0.3) is 0 Å². The van der Waals surface area contributed by atoms with E-state index >= 15 is 0 Å². The van der Waals surface area contributed by atoms with Gasteiger partial charge in [-0.15, -0.1) is 6.42 Å². The molecule has 0 saturated heterocycles. The van der Waals surface area contributed by atoms with Crippen molar-refractivity contribution in [1.29, 1.82) is 0 Å². The molecule has 0 saturated carbocycles. The molecule has 0 heterocycles. The normalized spacial score (nSPS) is 13.1. The van der Waals surface area contributed by atoms with Crippen molar-refractivity contribution in [1.82, 2.24) is 0 Å². The van der Waals surface area contributed by atoms with Crippen LogP contribution in [0, 0.1) is 24.0 Å². The third kappa shape index (κ3) is 2.80. The Morgan fingerprint density at radius 3 is 2.08 bits per heavy atom. The van der Waals surface area contributed by atoms with Crippen LogP contribution in [-0.4, -0.2) is 5.11 Å². The monoisotopic (exact) mass is 320 g/mol. The summed E-state index contributed by atoms with van der Waals surface area (Å²) in [6, 6.07) is 18.3. The number of terminal acetylenes is 1. The van der Waals surface area contributed by atoms with Gasteiger partial charge in [-0.05, 0) is 35.4 Å². The van der Waals surface area contributed by atoms with Crippen LogP contribution in [0.4, 0.5) is 8.78 Å². The standard InChI is InChI=1S/C21H14F2O/c1-2-21(24,16-6-4-3-5-7-16)20-13-12-18(23)14-19(20)15-8-10-17(22)11-9-15/h1,3-14,24H. The molecule has 24 heavy (non-hydrogen) atoms. The van der Waals surface area contributed by atoms with E-state index in [0.717, 1.165) is 0 Å². The highest BCUT2D eigenvalue weighted by molar-refractivity contribution is 5.71. The molecule has 1 unspecified atom stereocenters. The molecule has 3 heteroatoms. The predicted octanol–water partition coefficient (Wildman–Crippen LogP) is 4.50. The molecule has 3 aromatic carbocycles. The Balaban J connectivity index is 2.24. The molecule has 1 nitrogen and oxygen atoms in total. The van der Waals surface area contributed by atoms with Crippen LogP contribution in [0.25, 0.3) is 11.1 Å². The zero-order valence-corrected chi connectivity index (χ0v) is 12.7. The lowest BCUT2D eigenvalue weighted by Crippen LogP contribution is -2.26. The summed E-state index contributed by atoms with van der Waals surface area (Å²) in [5.74, 6) is 1.55. The van der Waals surface area contributed by atoms with Crippen LogP contribution >= 0.6 is 0 Å². The van der Waals surface area contributed by atoms with Crippen LogP contribution in [0.3, 0.4) is 0 Å². The molecule has 0 fully saturated rings. The second-order valence-corrected chi connectivity index (χ2v) is 5.42. The average molecular weight is 320 g/mol. The summed E-state index contributed by atoms with van der Waals surface area (Å²) in [4.78, 5) is 0. The van der Waals surface area contributed by atoms with Gasteiger partial charge in [-0.2, -0.15) is 0 Å². The van der Waals surface area contributed by atoms with Crippen LogP contribution in [0.1, 0.15) is 11.1 Å². The molecule has 3 aromatic rings. The smallest absolute Gasteiger partial charge is 0.177 e. The van der Waals surface area contributed by atoms with Gasteiger partial charge in [0.15, 0.2) is 5.60 Å². The van der Waals surface area contributed by atoms with E-state index in [9.17, 15) is 13.9 Å². The fourth-order valence-electron chi connectivity index (χ4n) is 2.70. The van der Waals surface area contributed by atoms with E-state index in [1.54, 1.807) is 24.3 Å². The van der Waals surface area contributed by atoms with E-state index in [1.807, 2.05) is 6.07 Å². The minimum atomic E-state index is -1.72. The van der Waals surface area contributed by atoms with Crippen molar-refractivity contribution in [2.75, 3.05) is 0 Å². The van der Waals surface area contributed by atoms with Crippen LogP contribution in [0.5, 0.6) is 0 Å². The van der Waals surface area contributed by atoms with Gasteiger partial charge >= 0.3 is 0 Å². The molecule has 0 aromatic heterocycles. The van der Waals surface area contributed by atoms with Gasteiger partial charge in [-0.3, -0.25) is 0 Å². The predicted molar refractivity (Wildman–Crippen MR) is 90.1 cm³/mol. The first-order valence-electron chi connectivity index (χ1n) is 7.36. The molecule has 0 radical (unpaired) electrons. The topological polar surface area (TPSA) is 20.2 Å². The summed E-state index contributed by atoms with van der Waals surface area (Å²) in [6.45, 7) is 0. The minimum absolute atomic E-state index is 0.365. The maximum atomic E-state index is 13.8. The van der Waals surface area contributed by atoms with Crippen molar-refractivity contribution in [2.45, 2.75) is 5.60 Å². The Labute approximate surface area is 139 Å². The van der Waals surface area contributed by atoms with Crippen LogP contribution in [0.2, 0.25) is 0 Å². The van der Waals surface area contributed by atoms with Crippen LogP contribution in [0.15, 0.2) is 72.8 Å². The molecule has 0 aliphatic carbocycles. The highest BCUT2D eigenvalue weighted by Gasteiger charge is 2.32. The van der Waals surface area contributed by atoms with E-state index in [-0.39, 0.29) is 0 Å². The van der Waals surface area contributed by atoms with Gasteiger partial charge < -0.3 is 5.11 Å². The number of hydrogen-bond acceptors (Lipinski definition) is 1. The van der Waals surface area contributed by atoms with Gasteiger partial charge in [0.1, 0.15) is 11.6 Å². The van der Waals surface area contributed by atoms with Crippen molar-refractivity contribution in [3.63, 3.8) is 0 Å². The fourth-order valence-corrected chi connectivity index (χ4v) is 2.70. The Hall–Kier alpha value is -2.96. The molecule has 0 aliphatic rings. The van der Waals surface area contributed by atoms with Crippen LogP contribution in [-0.2, 0) is 5.60 Å². The summed E-state index contributed by atoms with van der Waals surface area (Å²) in [5, 5.41) is 11.1. The molecule has 1 atom stereocenters. The maximum Gasteiger partial charge on any atom is 0.177 e. The highest BCUT2D eigenvalue weighted by atomic mass is 19.1. The second kappa shape index (κ2) is 6.27. The number of aliphatic hydroxyl groups is 1. The van der Waals surface area contributed by atoms with Crippen molar-refractivity contribution < 1.29 is 13.9 Å². The molecule has 0 bridgehead atoms. The first-order chi connectivity index (χ1) is 11.5. The zero-order valence-electron chi connectivity index (χ0n) is 12.7. The van der Waals surface area contributed by atoms with Gasteiger partial charge in [-0.1, -0.05) is 54.5 Å². The average Bonchev–Trinajstić information content (AvgIpc) is 2.62. The summed E-state index contributed by atoms with van der Waals surface area (Å²) < 4.78 is 27.0. The molecule has 1 N–H and O–H groups in total. The third-order valence-corrected chi connectivity index (χ3v) is 3.93. The Bertz CT molecular complexity index is 895. The SMILES string of the molecule is C#CC(O)(c1ccccc1)c1ccc(F)cc1-c1ccc(F)cc1. The first kappa shape index (κ1) is 15.9. The van der Waals surface area contributed by atoms with E-state index in [4.69, 9.17) is 6.42 Å². The maximum absolute atomic E-state index is 13.8. The first-order valence-corrected chi connectivity index (χ1v) is 7.36.